The molecule has 186 valence electrons. The fourth-order valence-corrected chi connectivity index (χ4v) is 9.08. The number of carbonyl (C=O) groups is 2. The van der Waals surface area contributed by atoms with E-state index in [1.807, 2.05) is 12.1 Å². The van der Waals surface area contributed by atoms with E-state index >= 15 is 0 Å². The molecule has 8 atom stereocenters. The van der Waals surface area contributed by atoms with Crippen LogP contribution in [0, 0.1) is 46.3 Å². The Morgan fingerprint density at radius 1 is 1.12 bits per heavy atom. The van der Waals surface area contributed by atoms with Gasteiger partial charge in [-0.25, -0.2) is 0 Å². The summed E-state index contributed by atoms with van der Waals surface area (Å²) in [5, 5.41) is 20.4. The number of carboxylic acid groups (broad SMARTS) is 1. The average molecular weight is 469 g/mol. The molecule has 4 aliphatic carbocycles. The summed E-state index contributed by atoms with van der Waals surface area (Å²) in [5.74, 6) is 1.80. The number of carboxylic acids is 1. The summed E-state index contributed by atoms with van der Waals surface area (Å²) >= 11 is 0. The molecule has 0 aliphatic heterocycles. The number of fused-ring (bicyclic) bond motifs is 5. The number of carbonyl (C=O) groups excluding carboxylic acids is 1. The number of ketones is 1. The van der Waals surface area contributed by atoms with Crippen molar-refractivity contribution in [3.8, 4) is 0 Å². The SMILES string of the molecule is CC(C)c1ccoc1C[C@@H](C(=O)O)[C@H]1CCC2C3CC[C@@H]4C=C(O)C(=O)C[C@]4(C)C3CC[C@@]21C. The third kappa shape index (κ3) is 3.48. The Morgan fingerprint density at radius 2 is 1.85 bits per heavy atom. The molecule has 0 aromatic carbocycles. The quantitative estimate of drug-likeness (QED) is 0.512. The van der Waals surface area contributed by atoms with Crippen molar-refractivity contribution in [3.63, 3.8) is 0 Å². The Balaban J connectivity index is 1.41. The Bertz CT molecular complexity index is 1000. The molecule has 3 fully saturated rings. The van der Waals surface area contributed by atoms with Gasteiger partial charge in [0.2, 0.25) is 0 Å². The van der Waals surface area contributed by atoms with Gasteiger partial charge in [0, 0.05) is 12.8 Å². The number of aliphatic carboxylic acids is 1. The van der Waals surface area contributed by atoms with Crippen molar-refractivity contribution in [2.75, 3.05) is 0 Å². The molecule has 5 rings (SSSR count). The van der Waals surface area contributed by atoms with Gasteiger partial charge in [-0.15, -0.1) is 0 Å². The van der Waals surface area contributed by atoms with E-state index < -0.39 is 11.9 Å². The van der Waals surface area contributed by atoms with Crippen LogP contribution >= 0.6 is 0 Å². The van der Waals surface area contributed by atoms with Crippen molar-refractivity contribution in [1.82, 2.24) is 0 Å². The number of hydrogen-bond acceptors (Lipinski definition) is 4. The van der Waals surface area contributed by atoms with E-state index in [0.29, 0.717) is 36.5 Å². The minimum Gasteiger partial charge on any atom is -0.505 e. The largest absolute Gasteiger partial charge is 0.505 e. The second kappa shape index (κ2) is 8.27. The van der Waals surface area contributed by atoms with E-state index in [-0.39, 0.29) is 34.2 Å². The maximum Gasteiger partial charge on any atom is 0.307 e. The van der Waals surface area contributed by atoms with E-state index in [1.54, 1.807) is 6.26 Å². The minimum atomic E-state index is -0.700. The first-order valence-electron chi connectivity index (χ1n) is 13.3. The standard InChI is InChI=1S/C29H40O5/c1-16(2)18-10-12-34-26(18)14-20(27(32)33)22-8-7-21-19-6-5-17-13-24(30)25(31)15-29(17,4)23(19)9-11-28(21,22)3/h10,12-13,16-17,19-23,30H,5-9,11,14-15H2,1-4H3,(H,32,33)/t17-,19?,20-,21?,22-,23?,28+,29+/m1/s1. The molecule has 5 heteroatoms. The predicted octanol–water partition coefficient (Wildman–Crippen LogP) is 6.54. The van der Waals surface area contributed by atoms with Gasteiger partial charge in [0.15, 0.2) is 11.5 Å². The first-order valence-corrected chi connectivity index (χ1v) is 13.3. The maximum atomic E-state index is 12.6. The molecule has 34 heavy (non-hydrogen) atoms. The zero-order valence-corrected chi connectivity index (χ0v) is 21.0. The second-order valence-electron chi connectivity index (χ2n) is 12.5. The van der Waals surface area contributed by atoms with Gasteiger partial charge in [-0.3, -0.25) is 9.59 Å². The highest BCUT2D eigenvalue weighted by atomic mass is 16.4. The molecular weight excluding hydrogens is 428 g/mol. The van der Waals surface area contributed by atoms with Crippen LogP contribution in [0.3, 0.4) is 0 Å². The van der Waals surface area contributed by atoms with Crippen LogP contribution < -0.4 is 0 Å². The van der Waals surface area contributed by atoms with Crippen LogP contribution in [-0.2, 0) is 16.0 Å². The monoisotopic (exact) mass is 468 g/mol. The third-order valence-corrected chi connectivity index (χ3v) is 10.8. The fourth-order valence-electron chi connectivity index (χ4n) is 9.08. The topological polar surface area (TPSA) is 87.7 Å². The van der Waals surface area contributed by atoms with Crippen LogP contribution in [0.5, 0.6) is 0 Å². The summed E-state index contributed by atoms with van der Waals surface area (Å²) < 4.78 is 5.79. The van der Waals surface area contributed by atoms with Gasteiger partial charge >= 0.3 is 5.97 Å². The molecule has 3 saturated carbocycles. The summed E-state index contributed by atoms with van der Waals surface area (Å²) in [6.45, 7) is 8.88. The number of hydrogen-bond donors (Lipinski definition) is 2. The zero-order valence-electron chi connectivity index (χ0n) is 21.0. The first kappa shape index (κ1) is 23.7. The summed E-state index contributed by atoms with van der Waals surface area (Å²) in [5.41, 5.74) is 1.05. The van der Waals surface area contributed by atoms with Crippen molar-refractivity contribution in [3.05, 3.63) is 35.5 Å². The van der Waals surface area contributed by atoms with Gasteiger partial charge in [-0.1, -0.05) is 27.7 Å². The molecule has 0 amide bonds. The Hall–Kier alpha value is -2.04. The van der Waals surface area contributed by atoms with Gasteiger partial charge in [0.05, 0.1) is 12.2 Å². The second-order valence-corrected chi connectivity index (χ2v) is 12.5. The van der Waals surface area contributed by atoms with Gasteiger partial charge in [0.25, 0.3) is 0 Å². The van der Waals surface area contributed by atoms with Crippen LogP contribution in [0.2, 0.25) is 0 Å². The zero-order chi connectivity index (χ0) is 24.4. The molecule has 3 unspecified atom stereocenters. The normalized spacial score (nSPS) is 40.3. The fraction of sp³-hybridized carbons (Fsp3) is 0.724. The number of aliphatic hydroxyl groups is 1. The van der Waals surface area contributed by atoms with Crippen LogP contribution in [-0.4, -0.2) is 22.0 Å². The number of allylic oxidation sites excluding steroid dienone is 2. The molecule has 1 aromatic rings. The van der Waals surface area contributed by atoms with Gasteiger partial charge in [0.1, 0.15) is 5.76 Å². The highest BCUT2D eigenvalue weighted by Gasteiger charge is 2.61. The molecule has 4 aliphatic rings. The summed E-state index contributed by atoms with van der Waals surface area (Å²) in [4.78, 5) is 25.1. The maximum absolute atomic E-state index is 12.6. The molecule has 2 N–H and O–H groups in total. The summed E-state index contributed by atoms with van der Waals surface area (Å²) in [7, 11) is 0. The van der Waals surface area contributed by atoms with Crippen LogP contribution in [0.15, 0.2) is 28.6 Å². The molecule has 1 heterocycles. The number of furan rings is 1. The number of aliphatic hydroxyl groups excluding tert-OH is 1. The van der Waals surface area contributed by atoms with E-state index in [9.17, 15) is 19.8 Å². The first-order chi connectivity index (χ1) is 16.1. The van der Waals surface area contributed by atoms with Crippen LogP contribution in [0.1, 0.15) is 89.9 Å². The Morgan fingerprint density at radius 3 is 2.56 bits per heavy atom. The molecule has 0 bridgehead atoms. The number of Topliss-reactive ketones (excluding diaryl/α,β-unsaturated/α-hetero) is 1. The number of rotatable bonds is 5. The lowest BCUT2D eigenvalue weighted by atomic mass is 9.45. The van der Waals surface area contributed by atoms with Crippen molar-refractivity contribution in [1.29, 1.82) is 0 Å². The van der Waals surface area contributed by atoms with Crippen LogP contribution in [0.4, 0.5) is 0 Å². The highest BCUT2D eigenvalue weighted by molar-refractivity contribution is 5.94. The lowest BCUT2D eigenvalue weighted by molar-refractivity contribution is -0.149. The summed E-state index contributed by atoms with van der Waals surface area (Å²) in [6.07, 6.45) is 10.7. The van der Waals surface area contributed by atoms with E-state index in [2.05, 4.69) is 27.7 Å². The lowest BCUT2D eigenvalue weighted by Crippen LogP contribution is -2.54. The minimum absolute atomic E-state index is 0.00859. The molecule has 1 aromatic heterocycles. The van der Waals surface area contributed by atoms with E-state index in [1.165, 1.54) is 0 Å². The smallest absolute Gasteiger partial charge is 0.307 e. The van der Waals surface area contributed by atoms with Crippen molar-refractivity contribution in [2.24, 2.45) is 46.3 Å². The highest BCUT2D eigenvalue weighted by Crippen LogP contribution is 2.67. The Kier molecular flexibility index (Phi) is 5.76. The summed E-state index contributed by atoms with van der Waals surface area (Å²) in [6, 6.07) is 1.99. The lowest BCUT2D eigenvalue weighted by Gasteiger charge is -2.59. The van der Waals surface area contributed by atoms with Gasteiger partial charge in [-0.2, -0.15) is 0 Å². The van der Waals surface area contributed by atoms with Crippen molar-refractivity contribution < 1.29 is 24.2 Å². The third-order valence-electron chi connectivity index (χ3n) is 10.8. The predicted molar refractivity (Wildman–Crippen MR) is 129 cm³/mol. The molecule has 0 radical (unpaired) electrons. The molecule has 5 nitrogen and oxygen atoms in total. The molecule has 0 saturated heterocycles. The molecule has 0 spiro atoms. The Labute approximate surface area is 203 Å². The van der Waals surface area contributed by atoms with Crippen molar-refractivity contribution in [2.45, 2.75) is 85.0 Å². The van der Waals surface area contributed by atoms with Gasteiger partial charge < -0.3 is 14.6 Å². The van der Waals surface area contributed by atoms with Gasteiger partial charge in [-0.05, 0) is 103 Å². The van der Waals surface area contributed by atoms with Crippen molar-refractivity contribution >= 4 is 11.8 Å². The molecular formula is C29H40O5. The van der Waals surface area contributed by atoms with Crippen LogP contribution in [0.25, 0.3) is 0 Å². The average Bonchev–Trinajstić information content (AvgIpc) is 3.37. The van der Waals surface area contributed by atoms with E-state index in [0.717, 1.165) is 49.8 Å². The van der Waals surface area contributed by atoms with E-state index in [4.69, 9.17) is 4.42 Å².